The smallest absolute Gasteiger partial charge is 0.164 e. The first-order valence-corrected chi connectivity index (χ1v) is 6.52. The Labute approximate surface area is 111 Å². The summed E-state index contributed by atoms with van der Waals surface area (Å²) in [5.41, 5.74) is 1.58. The van der Waals surface area contributed by atoms with E-state index in [1.807, 2.05) is 30.3 Å². The Hall–Kier alpha value is -1.78. The summed E-state index contributed by atoms with van der Waals surface area (Å²) in [5.74, 6) is 0.135. The highest BCUT2D eigenvalue weighted by atomic mass is 16.5. The van der Waals surface area contributed by atoms with Gasteiger partial charge in [-0.15, -0.1) is 0 Å². The summed E-state index contributed by atoms with van der Waals surface area (Å²) in [7, 11) is 0. The maximum absolute atomic E-state index is 12.2. The van der Waals surface area contributed by atoms with Gasteiger partial charge in [0.25, 0.3) is 0 Å². The van der Waals surface area contributed by atoms with Gasteiger partial charge in [-0.3, -0.25) is 9.78 Å². The van der Waals surface area contributed by atoms with Gasteiger partial charge in [-0.25, -0.2) is 0 Å². The van der Waals surface area contributed by atoms with Gasteiger partial charge in [-0.2, -0.15) is 0 Å². The lowest BCUT2D eigenvalue weighted by Crippen LogP contribution is -2.42. The fourth-order valence-corrected chi connectivity index (χ4v) is 2.33. The number of pyridine rings is 1. The summed E-state index contributed by atoms with van der Waals surface area (Å²) in [6, 6.07) is 9.69. The standard InChI is InChI=1S/C15H16N2O2/c18-15(9-13-10-19-7-6-16-13)12-4-3-11-2-1-5-17-14(11)8-12/h1-5,8,13,16H,6-7,9-10H2. The molecule has 0 aliphatic carbocycles. The maximum Gasteiger partial charge on any atom is 0.164 e. The quantitative estimate of drug-likeness (QED) is 0.851. The number of fused-ring (bicyclic) bond motifs is 1. The minimum atomic E-state index is 0.126. The molecule has 1 aromatic carbocycles. The van der Waals surface area contributed by atoms with Gasteiger partial charge >= 0.3 is 0 Å². The minimum Gasteiger partial charge on any atom is -0.378 e. The Morgan fingerprint density at radius 2 is 2.37 bits per heavy atom. The van der Waals surface area contributed by atoms with Crippen molar-refractivity contribution >= 4 is 16.7 Å². The number of nitrogens with zero attached hydrogens (tertiary/aromatic N) is 1. The number of rotatable bonds is 3. The second-order valence-corrected chi connectivity index (χ2v) is 4.76. The Morgan fingerprint density at radius 3 is 3.21 bits per heavy atom. The van der Waals surface area contributed by atoms with Gasteiger partial charge in [-0.1, -0.05) is 18.2 Å². The highest BCUT2D eigenvalue weighted by Crippen LogP contribution is 2.15. The van der Waals surface area contributed by atoms with Crippen molar-refractivity contribution in [3.8, 4) is 0 Å². The van der Waals surface area contributed by atoms with E-state index in [1.54, 1.807) is 6.20 Å². The molecule has 1 atom stereocenters. The van der Waals surface area contributed by atoms with E-state index in [2.05, 4.69) is 10.3 Å². The topological polar surface area (TPSA) is 51.2 Å². The highest BCUT2D eigenvalue weighted by molar-refractivity contribution is 5.99. The number of Topliss-reactive ketones (excluding diaryl/α,β-unsaturated/α-hetero) is 1. The SMILES string of the molecule is O=C(CC1COCCN1)c1ccc2cccnc2c1. The molecule has 0 saturated carbocycles. The van der Waals surface area contributed by atoms with Crippen molar-refractivity contribution in [2.75, 3.05) is 19.8 Å². The summed E-state index contributed by atoms with van der Waals surface area (Å²) in [6.45, 7) is 2.15. The van der Waals surface area contributed by atoms with Crippen LogP contribution in [0.4, 0.5) is 0 Å². The van der Waals surface area contributed by atoms with E-state index in [4.69, 9.17) is 4.74 Å². The van der Waals surface area contributed by atoms with Crippen LogP contribution in [0, 0.1) is 0 Å². The summed E-state index contributed by atoms with van der Waals surface area (Å²) in [4.78, 5) is 16.5. The van der Waals surface area contributed by atoms with Gasteiger partial charge in [0.1, 0.15) is 0 Å². The molecule has 1 aromatic heterocycles. The molecule has 1 aliphatic heterocycles. The molecule has 2 heterocycles. The first-order chi connectivity index (χ1) is 9.33. The zero-order valence-electron chi connectivity index (χ0n) is 10.6. The average Bonchev–Trinajstić information content (AvgIpc) is 2.48. The Bertz CT molecular complexity index is 591. The van der Waals surface area contributed by atoms with Crippen molar-refractivity contribution in [1.29, 1.82) is 0 Å². The van der Waals surface area contributed by atoms with Gasteiger partial charge < -0.3 is 10.1 Å². The number of nitrogens with one attached hydrogen (secondary N) is 1. The van der Waals surface area contributed by atoms with Crippen LogP contribution in [0.2, 0.25) is 0 Å². The van der Waals surface area contributed by atoms with Gasteiger partial charge in [0.05, 0.1) is 18.7 Å². The Kier molecular flexibility index (Phi) is 3.53. The summed E-state index contributed by atoms with van der Waals surface area (Å²) < 4.78 is 5.36. The molecule has 0 bridgehead atoms. The summed E-state index contributed by atoms with van der Waals surface area (Å²) in [6.07, 6.45) is 2.21. The van der Waals surface area contributed by atoms with Gasteiger partial charge in [0.2, 0.25) is 0 Å². The van der Waals surface area contributed by atoms with Gasteiger partial charge in [0, 0.05) is 36.2 Å². The normalized spacial score (nSPS) is 19.5. The molecule has 19 heavy (non-hydrogen) atoms. The largest absolute Gasteiger partial charge is 0.378 e. The lowest BCUT2D eigenvalue weighted by atomic mass is 10.0. The third-order valence-electron chi connectivity index (χ3n) is 3.36. The zero-order valence-corrected chi connectivity index (χ0v) is 10.6. The third-order valence-corrected chi connectivity index (χ3v) is 3.36. The van der Waals surface area contributed by atoms with E-state index in [0.29, 0.717) is 13.0 Å². The van der Waals surface area contributed by atoms with Crippen LogP contribution in [-0.4, -0.2) is 36.6 Å². The molecular weight excluding hydrogens is 240 g/mol. The summed E-state index contributed by atoms with van der Waals surface area (Å²) >= 11 is 0. The molecule has 0 radical (unpaired) electrons. The van der Waals surface area contributed by atoms with Crippen LogP contribution in [0.1, 0.15) is 16.8 Å². The first kappa shape index (κ1) is 12.3. The molecule has 2 aromatic rings. The van der Waals surface area contributed by atoms with E-state index in [9.17, 15) is 4.79 Å². The molecule has 4 nitrogen and oxygen atoms in total. The van der Waals surface area contributed by atoms with Crippen molar-refractivity contribution in [3.05, 3.63) is 42.1 Å². The molecule has 0 amide bonds. The minimum absolute atomic E-state index is 0.126. The fraction of sp³-hybridized carbons (Fsp3) is 0.333. The fourth-order valence-electron chi connectivity index (χ4n) is 2.33. The Morgan fingerprint density at radius 1 is 1.42 bits per heavy atom. The number of aromatic nitrogens is 1. The molecule has 98 valence electrons. The second-order valence-electron chi connectivity index (χ2n) is 4.76. The van der Waals surface area contributed by atoms with Gasteiger partial charge in [-0.05, 0) is 12.1 Å². The van der Waals surface area contributed by atoms with E-state index >= 15 is 0 Å². The highest BCUT2D eigenvalue weighted by Gasteiger charge is 2.18. The average molecular weight is 256 g/mol. The first-order valence-electron chi connectivity index (χ1n) is 6.52. The van der Waals surface area contributed by atoms with Crippen LogP contribution in [0.5, 0.6) is 0 Å². The Balaban J connectivity index is 1.77. The molecule has 1 saturated heterocycles. The van der Waals surface area contributed by atoms with Crippen LogP contribution in [0.15, 0.2) is 36.5 Å². The van der Waals surface area contributed by atoms with Gasteiger partial charge in [0.15, 0.2) is 5.78 Å². The molecule has 1 N–H and O–H groups in total. The number of carbonyl (C=O) groups is 1. The molecule has 0 spiro atoms. The van der Waals surface area contributed by atoms with Crippen molar-refractivity contribution < 1.29 is 9.53 Å². The van der Waals surface area contributed by atoms with E-state index in [1.165, 1.54) is 0 Å². The number of hydrogen-bond acceptors (Lipinski definition) is 4. The van der Waals surface area contributed by atoms with E-state index in [-0.39, 0.29) is 11.8 Å². The zero-order chi connectivity index (χ0) is 13.1. The number of carbonyl (C=O) groups excluding carboxylic acids is 1. The van der Waals surface area contributed by atoms with Crippen LogP contribution in [0.3, 0.4) is 0 Å². The predicted molar refractivity (Wildman–Crippen MR) is 73.3 cm³/mol. The number of ether oxygens (including phenoxy) is 1. The molecule has 1 fully saturated rings. The van der Waals surface area contributed by atoms with Crippen LogP contribution >= 0.6 is 0 Å². The third kappa shape index (κ3) is 2.80. The molecule has 3 rings (SSSR count). The molecule has 4 heteroatoms. The number of hydrogen-bond donors (Lipinski definition) is 1. The van der Waals surface area contributed by atoms with Crippen molar-refractivity contribution in [2.24, 2.45) is 0 Å². The number of ketones is 1. The summed E-state index contributed by atoms with van der Waals surface area (Å²) in [5, 5.41) is 4.35. The number of benzene rings is 1. The van der Waals surface area contributed by atoms with Crippen LogP contribution in [0.25, 0.3) is 10.9 Å². The predicted octanol–water partition coefficient (Wildman–Crippen LogP) is 1.80. The van der Waals surface area contributed by atoms with E-state index in [0.717, 1.165) is 29.6 Å². The number of morpholine rings is 1. The molecule has 1 unspecified atom stereocenters. The van der Waals surface area contributed by atoms with Crippen LogP contribution in [-0.2, 0) is 4.74 Å². The lowest BCUT2D eigenvalue weighted by molar-refractivity contribution is 0.0676. The van der Waals surface area contributed by atoms with Crippen LogP contribution < -0.4 is 5.32 Å². The lowest BCUT2D eigenvalue weighted by Gasteiger charge is -2.23. The molecule has 1 aliphatic rings. The maximum atomic E-state index is 12.2. The van der Waals surface area contributed by atoms with E-state index < -0.39 is 0 Å². The second kappa shape index (κ2) is 5.47. The van der Waals surface area contributed by atoms with Crippen molar-refractivity contribution in [1.82, 2.24) is 10.3 Å². The van der Waals surface area contributed by atoms with Crippen molar-refractivity contribution in [2.45, 2.75) is 12.5 Å². The molecular formula is C15H16N2O2. The monoisotopic (exact) mass is 256 g/mol. The van der Waals surface area contributed by atoms with Crippen molar-refractivity contribution in [3.63, 3.8) is 0 Å².